The second-order valence-electron chi connectivity index (χ2n) is 5.56. The summed E-state index contributed by atoms with van der Waals surface area (Å²) in [5.41, 5.74) is 2.53. The van der Waals surface area contributed by atoms with E-state index in [1.807, 2.05) is 12.1 Å². The molecule has 112 valence electrons. The molecule has 2 rings (SSSR count). The van der Waals surface area contributed by atoms with Gasteiger partial charge >= 0.3 is 0 Å². The highest BCUT2D eigenvalue weighted by Gasteiger charge is 2.16. The Hall–Kier alpha value is -1.51. The van der Waals surface area contributed by atoms with E-state index in [-0.39, 0.29) is 0 Å². The Morgan fingerprint density at radius 2 is 1.52 bits per heavy atom. The first kappa shape index (κ1) is 15.9. The molecule has 0 saturated heterocycles. The summed E-state index contributed by atoms with van der Waals surface area (Å²) in [5, 5.41) is 0.783. The fourth-order valence-corrected chi connectivity index (χ4v) is 2.52. The van der Waals surface area contributed by atoms with E-state index >= 15 is 0 Å². The van der Waals surface area contributed by atoms with Crippen molar-refractivity contribution in [2.24, 2.45) is 0 Å². The molecule has 1 atom stereocenters. The average molecular weight is 303 g/mol. The number of rotatable bonds is 6. The molecule has 0 amide bonds. The van der Waals surface area contributed by atoms with Crippen molar-refractivity contribution in [2.45, 2.75) is 13.0 Å². The molecule has 0 radical (unpaired) electrons. The normalized spacial score (nSPS) is 12.4. The number of hydrogen-bond donors (Lipinski definition) is 0. The molecule has 0 spiro atoms. The lowest BCUT2D eigenvalue weighted by Crippen LogP contribution is -2.33. The molecule has 0 heterocycles. The van der Waals surface area contributed by atoms with Crippen LogP contribution in [-0.2, 0) is 0 Å². The summed E-state index contributed by atoms with van der Waals surface area (Å²) in [6.07, 6.45) is 0. The van der Waals surface area contributed by atoms with Gasteiger partial charge in [0, 0.05) is 23.8 Å². The Morgan fingerprint density at radius 3 is 2.10 bits per heavy atom. The zero-order valence-corrected chi connectivity index (χ0v) is 13.7. The molecule has 3 heteroatoms. The molecule has 2 aromatic carbocycles. The van der Waals surface area contributed by atoms with Gasteiger partial charge in [-0.1, -0.05) is 41.9 Å². The molecule has 0 saturated carbocycles. The van der Waals surface area contributed by atoms with Gasteiger partial charge in [0.2, 0.25) is 0 Å². The van der Waals surface area contributed by atoms with Crippen molar-refractivity contribution in [2.75, 3.05) is 32.1 Å². The molecule has 0 fully saturated rings. The fourth-order valence-electron chi connectivity index (χ4n) is 2.39. The third kappa shape index (κ3) is 4.48. The molecule has 0 aliphatic carbocycles. The largest absolute Gasteiger partial charge is 0.363 e. The van der Waals surface area contributed by atoms with Gasteiger partial charge < -0.3 is 9.80 Å². The van der Waals surface area contributed by atoms with Gasteiger partial charge in [-0.2, -0.15) is 0 Å². The quantitative estimate of drug-likeness (QED) is 0.777. The third-order valence-corrected chi connectivity index (χ3v) is 3.95. The van der Waals surface area contributed by atoms with Crippen LogP contribution < -0.4 is 4.90 Å². The molecule has 21 heavy (non-hydrogen) atoms. The van der Waals surface area contributed by atoms with E-state index in [2.05, 4.69) is 73.3 Å². The summed E-state index contributed by atoms with van der Waals surface area (Å²) in [6, 6.07) is 19.0. The molecule has 0 bridgehead atoms. The topological polar surface area (TPSA) is 6.48 Å². The fraction of sp³-hybridized carbons (Fsp3) is 0.333. The Kier molecular flexibility index (Phi) is 5.66. The van der Waals surface area contributed by atoms with Crippen LogP contribution in [0.1, 0.15) is 18.5 Å². The van der Waals surface area contributed by atoms with Crippen LogP contribution in [0.25, 0.3) is 0 Å². The van der Waals surface area contributed by atoms with Crippen LogP contribution in [0.3, 0.4) is 0 Å². The van der Waals surface area contributed by atoms with Crippen molar-refractivity contribution < 1.29 is 0 Å². The maximum Gasteiger partial charge on any atom is 0.0514 e. The SMILES string of the molecule is CC(c1ccc(Cl)cc1)N(CCN(C)C)c1ccccc1. The van der Waals surface area contributed by atoms with Crippen molar-refractivity contribution in [1.29, 1.82) is 0 Å². The van der Waals surface area contributed by atoms with Gasteiger partial charge in [-0.15, -0.1) is 0 Å². The van der Waals surface area contributed by atoms with E-state index < -0.39 is 0 Å². The Balaban J connectivity index is 2.23. The van der Waals surface area contributed by atoms with E-state index in [1.165, 1.54) is 11.3 Å². The van der Waals surface area contributed by atoms with Crippen LogP contribution in [0.4, 0.5) is 5.69 Å². The predicted octanol–water partition coefficient (Wildman–Crippen LogP) is 4.47. The lowest BCUT2D eigenvalue weighted by atomic mass is 10.1. The zero-order chi connectivity index (χ0) is 15.2. The van der Waals surface area contributed by atoms with Crippen LogP contribution in [0.15, 0.2) is 54.6 Å². The van der Waals surface area contributed by atoms with Crippen molar-refractivity contribution in [3.63, 3.8) is 0 Å². The van der Waals surface area contributed by atoms with E-state index in [1.54, 1.807) is 0 Å². The molecule has 1 unspecified atom stereocenters. The standard InChI is InChI=1S/C18H23ClN2/c1-15(16-9-11-17(19)12-10-16)21(14-13-20(2)3)18-7-5-4-6-8-18/h4-12,15H,13-14H2,1-3H3. The summed E-state index contributed by atoms with van der Waals surface area (Å²) >= 11 is 6.00. The Bertz CT molecular complexity index is 537. The molecule has 0 aliphatic rings. The lowest BCUT2D eigenvalue weighted by molar-refractivity contribution is 0.407. The Labute approximate surface area is 133 Å². The number of hydrogen-bond acceptors (Lipinski definition) is 2. The maximum atomic E-state index is 6.00. The van der Waals surface area contributed by atoms with Gasteiger partial charge in [0.05, 0.1) is 6.04 Å². The van der Waals surface area contributed by atoms with Crippen molar-refractivity contribution in [3.8, 4) is 0 Å². The summed E-state index contributed by atoms with van der Waals surface area (Å²) in [7, 11) is 4.21. The second kappa shape index (κ2) is 7.48. The van der Waals surface area contributed by atoms with Gasteiger partial charge in [-0.3, -0.25) is 0 Å². The molecule has 2 nitrogen and oxygen atoms in total. The number of halogens is 1. The number of likely N-dealkylation sites (N-methyl/N-ethyl adjacent to an activating group) is 1. The number of anilines is 1. The smallest absolute Gasteiger partial charge is 0.0514 e. The first-order valence-corrected chi connectivity index (χ1v) is 7.67. The number of para-hydroxylation sites is 1. The van der Waals surface area contributed by atoms with Gasteiger partial charge in [-0.05, 0) is 50.8 Å². The minimum absolute atomic E-state index is 0.310. The summed E-state index contributed by atoms with van der Waals surface area (Å²) in [6.45, 7) is 4.25. The van der Waals surface area contributed by atoms with Crippen LogP contribution in [-0.4, -0.2) is 32.1 Å². The maximum absolute atomic E-state index is 6.00. The zero-order valence-electron chi connectivity index (χ0n) is 13.0. The molecule has 0 aromatic heterocycles. The summed E-state index contributed by atoms with van der Waals surface area (Å²) in [5.74, 6) is 0. The highest BCUT2D eigenvalue weighted by molar-refractivity contribution is 6.30. The molecule has 0 N–H and O–H groups in total. The third-order valence-electron chi connectivity index (χ3n) is 3.70. The van der Waals surface area contributed by atoms with Gasteiger partial charge in [0.15, 0.2) is 0 Å². The molecular formula is C18H23ClN2. The van der Waals surface area contributed by atoms with E-state index in [0.717, 1.165) is 18.1 Å². The number of benzene rings is 2. The van der Waals surface area contributed by atoms with Crippen LogP contribution in [0.5, 0.6) is 0 Å². The van der Waals surface area contributed by atoms with Gasteiger partial charge in [0.25, 0.3) is 0 Å². The second-order valence-corrected chi connectivity index (χ2v) is 6.00. The highest BCUT2D eigenvalue weighted by atomic mass is 35.5. The van der Waals surface area contributed by atoms with E-state index in [9.17, 15) is 0 Å². The lowest BCUT2D eigenvalue weighted by Gasteiger charge is -2.33. The van der Waals surface area contributed by atoms with Crippen LogP contribution in [0.2, 0.25) is 5.02 Å². The average Bonchev–Trinajstić information content (AvgIpc) is 2.49. The van der Waals surface area contributed by atoms with Crippen molar-refractivity contribution in [1.82, 2.24) is 4.90 Å². The van der Waals surface area contributed by atoms with Crippen LogP contribution in [0, 0.1) is 0 Å². The minimum atomic E-state index is 0.310. The van der Waals surface area contributed by atoms with Gasteiger partial charge in [-0.25, -0.2) is 0 Å². The summed E-state index contributed by atoms with van der Waals surface area (Å²) in [4.78, 5) is 4.65. The molecule has 2 aromatic rings. The van der Waals surface area contributed by atoms with Crippen LogP contribution >= 0.6 is 11.6 Å². The van der Waals surface area contributed by atoms with Crippen molar-refractivity contribution in [3.05, 3.63) is 65.2 Å². The van der Waals surface area contributed by atoms with Crippen molar-refractivity contribution >= 4 is 17.3 Å². The minimum Gasteiger partial charge on any atom is -0.363 e. The highest BCUT2D eigenvalue weighted by Crippen LogP contribution is 2.27. The van der Waals surface area contributed by atoms with E-state index in [4.69, 9.17) is 11.6 Å². The first-order chi connectivity index (χ1) is 10.1. The van der Waals surface area contributed by atoms with Gasteiger partial charge in [0.1, 0.15) is 0 Å². The number of nitrogens with zero attached hydrogens (tertiary/aromatic N) is 2. The molecular weight excluding hydrogens is 280 g/mol. The predicted molar refractivity (Wildman–Crippen MR) is 92.2 cm³/mol. The monoisotopic (exact) mass is 302 g/mol. The summed E-state index contributed by atoms with van der Waals surface area (Å²) < 4.78 is 0. The van der Waals surface area contributed by atoms with E-state index in [0.29, 0.717) is 6.04 Å². The molecule has 0 aliphatic heterocycles. The first-order valence-electron chi connectivity index (χ1n) is 7.30. The Morgan fingerprint density at radius 1 is 0.905 bits per heavy atom.